The molecule has 0 saturated heterocycles. The maximum atomic E-state index is 12.8. The summed E-state index contributed by atoms with van der Waals surface area (Å²) < 4.78 is 15.2. The Bertz CT molecular complexity index is 735. The Morgan fingerprint density at radius 3 is 2.95 bits per heavy atom. The molecule has 7 nitrogen and oxygen atoms in total. The van der Waals surface area contributed by atoms with Crippen LogP contribution in [0, 0.1) is 5.82 Å². The quantitative estimate of drug-likeness (QED) is 0.894. The van der Waals surface area contributed by atoms with Crippen molar-refractivity contribution in [2.75, 3.05) is 0 Å². The van der Waals surface area contributed by atoms with E-state index in [9.17, 15) is 19.1 Å². The van der Waals surface area contributed by atoms with Gasteiger partial charge < -0.3 is 5.11 Å². The molecule has 1 aliphatic rings. The molecular weight excluding hydrogens is 279 g/mol. The third kappa shape index (κ3) is 2.44. The molecule has 0 spiro atoms. The Morgan fingerprint density at radius 1 is 1.48 bits per heavy atom. The van der Waals surface area contributed by atoms with Crippen molar-refractivity contribution in [3.63, 3.8) is 0 Å². The van der Waals surface area contributed by atoms with Gasteiger partial charge in [-0.3, -0.25) is 9.55 Å². The van der Waals surface area contributed by atoms with Crippen LogP contribution in [0.2, 0.25) is 0 Å². The molecule has 0 radical (unpaired) electrons. The highest BCUT2D eigenvalue weighted by atomic mass is 19.1. The SMILES string of the molecule is O=C(O)[C@@H]1CCCc2nn(Cc3ccc(F)cn3)c(=O)n21. The number of halogens is 1. The van der Waals surface area contributed by atoms with Crippen molar-refractivity contribution >= 4 is 5.97 Å². The zero-order chi connectivity index (χ0) is 15.0. The second-order valence-corrected chi connectivity index (χ2v) is 4.94. The van der Waals surface area contributed by atoms with Crippen LogP contribution in [-0.2, 0) is 17.8 Å². The molecular formula is C13H13FN4O3. The maximum absolute atomic E-state index is 12.8. The van der Waals surface area contributed by atoms with Crippen molar-refractivity contribution in [2.24, 2.45) is 0 Å². The summed E-state index contributed by atoms with van der Waals surface area (Å²) in [6.07, 6.45) is 2.74. The van der Waals surface area contributed by atoms with Crippen molar-refractivity contribution < 1.29 is 14.3 Å². The molecule has 0 aromatic carbocycles. The minimum atomic E-state index is -1.03. The van der Waals surface area contributed by atoms with E-state index < -0.39 is 23.5 Å². The number of nitrogens with zero attached hydrogens (tertiary/aromatic N) is 4. The normalized spacial score (nSPS) is 17.5. The third-order valence-electron chi connectivity index (χ3n) is 3.52. The van der Waals surface area contributed by atoms with Crippen LogP contribution >= 0.6 is 0 Å². The fourth-order valence-corrected chi connectivity index (χ4v) is 2.52. The Hall–Kier alpha value is -2.51. The van der Waals surface area contributed by atoms with Crippen LogP contribution in [0.4, 0.5) is 4.39 Å². The Labute approximate surface area is 118 Å². The molecule has 0 unspecified atom stereocenters. The Morgan fingerprint density at radius 2 is 2.29 bits per heavy atom. The molecule has 1 aliphatic heterocycles. The van der Waals surface area contributed by atoms with E-state index in [0.29, 0.717) is 30.8 Å². The number of hydrogen-bond acceptors (Lipinski definition) is 4. The van der Waals surface area contributed by atoms with Crippen LogP contribution in [0.25, 0.3) is 0 Å². The molecule has 0 saturated carbocycles. The predicted molar refractivity (Wildman–Crippen MR) is 69.4 cm³/mol. The van der Waals surface area contributed by atoms with E-state index in [4.69, 9.17) is 0 Å². The summed E-state index contributed by atoms with van der Waals surface area (Å²) >= 11 is 0. The molecule has 110 valence electrons. The first-order chi connectivity index (χ1) is 10.1. The zero-order valence-electron chi connectivity index (χ0n) is 11.1. The van der Waals surface area contributed by atoms with Crippen molar-refractivity contribution in [1.29, 1.82) is 0 Å². The average Bonchev–Trinajstić information content (AvgIpc) is 2.78. The monoisotopic (exact) mass is 292 g/mol. The van der Waals surface area contributed by atoms with Gasteiger partial charge in [-0.05, 0) is 25.0 Å². The van der Waals surface area contributed by atoms with E-state index in [1.54, 1.807) is 0 Å². The van der Waals surface area contributed by atoms with Gasteiger partial charge in [0, 0.05) is 6.42 Å². The van der Waals surface area contributed by atoms with Gasteiger partial charge in [0.25, 0.3) is 0 Å². The molecule has 2 aromatic rings. The number of carboxylic acid groups (broad SMARTS) is 1. The minimum absolute atomic E-state index is 0.0887. The molecule has 0 fully saturated rings. The molecule has 3 heterocycles. The predicted octanol–water partition coefficient (Wildman–Crippen LogP) is 0.589. The molecule has 0 bridgehead atoms. The third-order valence-corrected chi connectivity index (χ3v) is 3.52. The van der Waals surface area contributed by atoms with E-state index >= 15 is 0 Å². The number of pyridine rings is 1. The Balaban J connectivity index is 1.96. The fraction of sp³-hybridized carbons (Fsp3) is 0.385. The number of hydrogen-bond donors (Lipinski definition) is 1. The lowest BCUT2D eigenvalue weighted by Gasteiger charge is -2.19. The topological polar surface area (TPSA) is 90.0 Å². The van der Waals surface area contributed by atoms with Gasteiger partial charge in [0.05, 0.1) is 18.4 Å². The van der Waals surface area contributed by atoms with Gasteiger partial charge in [-0.2, -0.15) is 5.10 Å². The Kier molecular flexibility index (Phi) is 3.28. The molecule has 0 amide bonds. The number of aryl methyl sites for hydroxylation is 1. The second kappa shape index (κ2) is 5.12. The lowest BCUT2D eigenvalue weighted by atomic mass is 10.1. The first kappa shape index (κ1) is 13.5. The van der Waals surface area contributed by atoms with Crippen molar-refractivity contribution in [2.45, 2.75) is 31.8 Å². The maximum Gasteiger partial charge on any atom is 0.347 e. The largest absolute Gasteiger partial charge is 0.480 e. The van der Waals surface area contributed by atoms with Crippen molar-refractivity contribution in [3.05, 3.63) is 46.1 Å². The molecule has 21 heavy (non-hydrogen) atoms. The first-order valence-electron chi connectivity index (χ1n) is 6.57. The van der Waals surface area contributed by atoms with Crippen LogP contribution in [0.15, 0.2) is 23.1 Å². The molecule has 2 aromatic heterocycles. The van der Waals surface area contributed by atoms with Crippen LogP contribution in [0.1, 0.15) is 30.4 Å². The second-order valence-electron chi connectivity index (χ2n) is 4.94. The van der Waals surface area contributed by atoms with E-state index in [2.05, 4.69) is 10.1 Å². The zero-order valence-corrected chi connectivity index (χ0v) is 11.1. The van der Waals surface area contributed by atoms with Gasteiger partial charge >= 0.3 is 11.7 Å². The van der Waals surface area contributed by atoms with E-state index in [-0.39, 0.29) is 6.54 Å². The summed E-state index contributed by atoms with van der Waals surface area (Å²) in [5.41, 5.74) is 0.0176. The average molecular weight is 292 g/mol. The summed E-state index contributed by atoms with van der Waals surface area (Å²) in [4.78, 5) is 27.4. The lowest BCUT2D eigenvalue weighted by molar-refractivity contribution is -0.141. The lowest BCUT2D eigenvalue weighted by Crippen LogP contribution is -2.34. The minimum Gasteiger partial charge on any atom is -0.480 e. The van der Waals surface area contributed by atoms with Crippen molar-refractivity contribution in [3.8, 4) is 0 Å². The van der Waals surface area contributed by atoms with E-state index in [0.717, 1.165) is 6.20 Å². The van der Waals surface area contributed by atoms with Gasteiger partial charge in [-0.25, -0.2) is 18.7 Å². The number of carbonyl (C=O) groups is 1. The van der Waals surface area contributed by atoms with Crippen LogP contribution in [0.3, 0.4) is 0 Å². The van der Waals surface area contributed by atoms with Gasteiger partial charge in [0.1, 0.15) is 17.7 Å². The van der Waals surface area contributed by atoms with Gasteiger partial charge in [-0.1, -0.05) is 0 Å². The standard InChI is InChI=1S/C13H13FN4O3/c14-8-4-5-9(15-6-8)7-17-13(21)18-10(12(19)20)2-1-3-11(18)16-17/h4-6,10H,1-3,7H2,(H,19,20)/t10-/m0/s1. The van der Waals surface area contributed by atoms with Gasteiger partial charge in [0.2, 0.25) is 0 Å². The highest BCUT2D eigenvalue weighted by Crippen LogP contribution is 2.21. The number of fused-ring (bicyclic) bond motifs is 1. The van der Waals surface area contributed by atoms with Crippen LogP contribution in [-0.4, -0.2) is 30.4 Å². The number of rotatable bonds is 3. The summed E-state index contributed by atoms with van der Waals surface area (Å²) in [5, 5.41) is 13.4. The van der Waals surface area contributed by atoms with Crippen LogP contribution in [0.5, 0.6) is 0 Å². The smallest absolute Gasteiger partial charge is 0.347 e. The molecule has 3 rings (SSSR count). The molecule has 1 N–H and O–H groups in total. The number of aliphatic carboxylic acids is 1. The highest BCUT2D eigenvalue weighted by Gasteiger charge is 2.30. The summed E-state index contributed by atoms with van der Waals surface area (Å²) in [6.45, 7) is 0.0887. The number of carboxylic acids is 1. The molecule has 0 aliphatic carbocycles. The van der Waals surface area contributed by atoms with Gasteiger partial charge in [-0.15, -0.1) is 0 Å². The first-order valence-corrected chi connectivity index (χ1v) is 6.57. The summed E-state index contributed by atoms with van der Waals surface area (Å²) in [5.74, 6) is -1.01. The molecule has 1 atom stereocenters. The fourth-order valence-electron chi connectivity index (χ4n) is 2.52. The molecule has 8 heteroatoms. The number of aromatic nitrogens is 4. The van der Waals surface area contributed by atoms with Crippen molar-refractivity contribution in [1.82, 2.24) is 19.3 Å². The summed E-state index contributed by atoms with van der Waals surface area (Å²) in [7, 11) is 0. The summed E-state index contributed by atoms with van der Waals surface area (Å²) in [6, 6.07) is 1.86. The van der Waals surface area contributed by atoms with Crippen LogP contribution < -0.4 is 5.69 Å². The van der Waals surface area contributed by atoms with E-state index in [1.165, 1.54) is 21.4 Å². The van der Waals surface area contributed by atoms with E-state index in [1.807, 2.05) is 0 Å². The highest BCUT2D eigenvalue weighted by molar-refractivity contribution is 5.72. The van der Waals surface area contributed by atoms with Gasteiger partial charge in [0.15, 0.2) is 0 Å².